The molecule has 1 N–H and O–H groups in total. The smallest absolute Gasteiger partial charge is 0.339 e. The molecule has 5 nitrogen and oxygen atoms in total. The van der Waals surface area contributed by atoms with Crippen LogP contribution in [0.2, 0.25) is 0 Å². The Balaban J connectivity index is 2.17. The molecule has 0 amide bonds. The van der Waals surface area contributed by atoms with Crippen LogP contribution in [0.15, 0.2) is 46.9 Å². The van der Waals surface area contributed by atoms with Gasteiger partial charge in [0.15, 0.2) is 5.58 Å². The van der Waals surface area contributed by atoms with Gasteiger partial charge in [0.2, 0.25) is 5.89 Å². The summed E-state index contributed by atoms with van der Waals surface area (Å²) in [7, 11) is 1.58. The summed E-state index contributed by atoms with van der Waals surface area (Å²) in [5, 5.41) is 9.14. The van der Waals surface area contributed by atoms with Gasteiger partial charge < -0.3 is 14.3 Å². The third-order valence-electron chi connectivity index (χ3n) is 2.96. The Labute approximate surface area is 114 Å². The SMILES string of the molecule is COc1cccc(-c2nc3cccc(C(=O)O)c3o2)c1. The fraction of sp³-hybridized carbons (Fsp3) is 0.0667. The second-order valence-electron chi connectivity index (χ2n) is 4.21. The van der Waals surface area contributed by atoms with E-state index in [2.05, 4.69) is 4.98 Å². The summed E-state index contributed by atoms with van der Waals surface area (Å²) < 4.78 is 10.7. The van der Waals surface area contributed by atoms with Crippen LogP contribution >= 0.6 is 0 Å². The van der Waals surface area contributed by atoms with Crippen molar-refractivity contribution in [2.75, 3.05) is 7.11 Å². The van der Waals surface area contributed by atoms with Gasteiger partial charge in [-0.2, -0.15) is 0 Å². The number of hydrogen-bond acceptors (Lipinski definition) is 4. The van der Waals surface area contributed by atoms with Gasteiger partial charge in [-0.05, 0) is 30.3 Å². The molecule has 3 aromatic rings. The Morgan fingerprint density at radius 3 is 2.80 bits per heavy atom. The molecule has 100 valence electrons. The first-order valence-corrected chi connectivity index (χ1v) is 5.96. The van der Waals surface area contributed by atoms with Crippen molar-refractivity contribution in [3.8, 4) is 17.2 Å². The van der Waals surface area contributed by atoms with Crippen molar-refractivity contribution >= 4 is 17.1 Å². The van der Waals surface area contributed by atoms with Gasteiger partial charge in [-0.25, -0.2) is 9.78 Å². The van der Waals surface area contributed by atoms with Gasteiger partial charge in [0, 0.05) is 5.56 Å². The monoisotopic (exact) mass is 269 g/mol. The molecule has 2 aromatic carbocycles. The average Bonchev–Trinajstić information content (AvgIpc) is 2.91. The van der Waals surface area contributed by atoms with Crippen molar-refractivity contribution in [3.63, 3.8) is 0 Å². The Hall–Kier alpha value is -2.82. The summed E-state index contributed by atoms with van der Waals surface area (Å²) in [4.78, 5) is 15.5. The average molecular weight is 269 g/mol. The third-order valence-corrected chi connectivity index (χ3v) is 2.96. The van der Waals surface area contributed by atoms with Gasteiger partial charge in [-0.1, -0.05) is 12.1 Å². The lowest BCUT2D eigenvalue weighted by atomic mass is 10.2. The molecule has 0 saturated heterocycles. The quantitative estimate of drug-likeness (QED) is 0.790. The number of aromatic nitrogens is 1. The number of carboxylic acid groups (broad SMARTS) is 1. The van der Waals surface area contributed by atoms with Crippen LogP contribution in [0, 0.1) is 0 Å². The number of para-hydroxylation sites is 1. The second kappa shape index (κ2) is 4.70. The number of benzene rings is 2. The van der Waals surface area contributed by atoms with Crippen LogP contribution < -0.4 is 4.74 Å². The third kappa shape index (κ3) is 1.99. The molecule has 20 heavy (non-hydrogen) atoms. The lowest BCUT2D eigenvalue weighted by Crippen LogP contribution is -1.95. The van der Waals surface area contributed by atoms with Crippen LogP contribution in [-0.2, 0) is 0 Å². The first kappa shape index (κ1) is 12.2. The molecule has 1 heterocycles. The summed E-state index contributed by atoms with van der Waals surface area (Å²) >= 11 is 0. The number of oxazole rings is 1. The van der Waals surface area contributed by atoms with E-state index >= 15 is 0 Å². The van der Waals surface area contributed by atoms with Crippen molar-refractivity contribution < 1.29 is 19.1 Å². The normalized spacial score (nSPS) is 10.7. The van der Waals surface area contributed by atoms with Gasteiger partial charge in [-0.15, -0.1) is 0 Å². The number of hydrogen-bond donors (Lipinski definition) is 1. The molecule has 0 aliphatic rings. The summed E-state index contributed by atoms with van der Waals surface area (Å²) in [5.41, 5.74) is 1.63. The minimum absolute atomic E-state index is 0.101. The van der Waals surface area contributed by atoms with Crippen LogP contribution in [-0.4, -0.2) is 23.2 Å². The molecule has 0 radical (unpaired) electrons. The number of aromatic carboxylic acids is 1. The largest absolute Gasteiger partial charge is 0.497 e. The van der Waals surface area contributed by atoms with Crippen molar-refractivity contribution in [1.82, 2.24) is 4.98 Å². The number of carboxylic acids is 1. The summed E-state index contributed by atoms with van der Waals surface area (Å²) in [6.07, 6.45) is 0. The van der Waals surface area contributed by atoms with E-state index in [9.17, 15) is 4.79 Å². The topological polar surface area (TPSA) is 72.6 Å². The van der Waals surface area contributed by atoms with Gasteiger partial charge in [0.1, 0.15) is 16.8 Å². The Kier molecular flexibility index (Phi) is 2.87. The summed E-state index contributed by atoms with van der Waals surface area (Å²) in [6, 6.07) is 12.1. The zero-order valence-corrected chi connectivity index (χ0v) is 10.7. The van der Waals surface area contributed by atoms with E-state index < -0.39 is 5.97 Å². The number of methoxy groups -OCH3 is 1. The molecule has 0 atom stereocenters. The van der Waals surface area contributed by atoms with Crippen LogP contribution in [0.25, 0.3) is 22.6 Å². The molecule has 0 aliphatic carbocycles. The predicted octanol–water partition coefficient (Wildman–Crippen LogP) is 3.20. The van der Waals surface area contributed by atoms with Crippen molar-refractivity contribution in [2.24, 2.45) is 0 Å². The van der Waals surface area contributed by atoms with E-state index in [1.54, 1.807) is 25.3 Å². The number of rotatable bonds is 3. The van der Waals surface area contributed by atoms with Crippen molar-refractivity contribution in [3.05, 3.63) is 48.0 Å². The highest BCUT2D eigenvalue weighted by molar-refractivity contribution is 6.00. The molecule has 0 unspecified atom stereocenters. The van der Waals surface area contributed by atoms with E-state index in [0.29, 0.717) is 17.2 Å². The van der Waals surface area contributed by atoms with E-state index in [1.807, 2.05) is 18.2 Å². The van der Waals surface area contributed by atoms with Crippen LogP contribution in [0.5, 0.6) is 5.75 Å². The molecule has 0 bridgehead atoms. The maximum Gasteiger partial charge on any atom is 0.339 e. The van der Waals surface area contributed by atoms with E-state index in [-0.39, 0.29) is 11.1 Å². The van der Waals surface area contributed by atoms with Crippen LogP contribution in [0.3, 0.4) is 0 Å². The van der Waals surface area contributed by atoms with E-state index in [4.69, 9.17) is 14.3 Å². The molecule has 1 aromatic heterocycles. The highest BCUT2D eigenvalue weighted by Crippen LogP contribution is 2.28. The number of ether oxygens (including phenoxy) is 1. The van der Waals surface area contributed by atoms with Crippen LogP contribution in [0.1, 0.15) is 10.4 Å². The highest BCUT2D eigenvalue weighted by atomic mass is 16.5. The first-order chi connectivity index (χ1) is 9.69. The first-order valence-electron chi connectivity index (χ1n) is 5.96. The lowest BCUT2D eigenvalue weighted by Gasteiger charge is -2.00. The Morgan fingerprint density at radius 2 is 2.05 bits per heavy atom. The minimum Gasteiger partial charge on any atom is -0.497 e. The number of fused-ring (bicyclic) bond motifs is 1. The Morgan fingerprint density at radius 1 is 1.25 bits per heavy atom. The molecule has 0 spiro atoms. The standard InChI is InChI=1S/C15H11NO4/c1-19-10-5-2-4-9(8-10)14-16-12-7-3-6-11(15(17)18)13(12)20-14/h2-8H,1H3,(H,17,18). The molecular formula is C15H11NO4. The molecule has 0 saturated carbocycles. The summed E-state index contributed by atoms with van der Waals surface area (Å²) in [5.74, 6) is 0.0137. The summed E-state index contributed by atoms with van der Waals surface area (Å²) in [6.45, 7) is 0. The zero-order valence-electron chi connectivity index (χ0n) is 10.7. The Bertz CT molecular complexity index is 791. The highest BCUT2D eigenvalue weighted by Gasteiger charge is 2.15. The number of nitrogens with zero attached hydrogens (tertiary/aromatic N) is 1. The molecular weight excluding hydrogens is 258 g/mol. The van der Waals surface area contributed by atoms with Crippen molar-refractivity contribution in [2.45, 2.75) is 0 Å². The fourth-order valence-electron chi connectivity index (χ4n) is 2.00. The van der Waals surface area contributed by atoms with Gasteiger partial charge in [-0.3, -0.25) is 0 Å². The molecule has 5 heteroatoms. The van der Waals surface area contributed by atoms with Gasteiger partial charge in [0.05, 0.1) is 7.11 Å². The van der Waals surface area contributed by atoms with Crippen LogP contribution in [0.4, 0.5) is 0 Å². The fourth-order valence-corrected chi connectivity index (χ4v) is 2.00. The molecule has 3 rings (SSSR count). The predicted molar refractivity (Wildman–Crippen MR) is 73.0 cm³/mol. The van der Waals surface area contributed by atoms with E-state index in [0.717, 1.165) is 5.56 Å². The van der Waals surface area contributed by atoms with Crippen molar-refractivity contribution in [1.29, 1.82) is 0 Å². The lowest BCUT2D eigenvalue weighted by molar-refractivity contribution is 0.0698. The van der Waals surface area contributed by atoms with Gasteiger partial charge >= 0.3 is 5.97 Å². The molecule has 0 fully saturated rings. The zero-order chi connectivity index (χ0) is 14.1. The maximum atomic E-state index is 11.2. The molecule has 0 aliphatic heterocycles. The van der Waals surface area contributed by atoms with Gasteiger partial charge in [0.25, 0.3) is 0 Å². The maximum absolute atomic E-state index is 11.2. The second-order valence-corrected chi connectivity index (χ2v) is 4.21. The number of carbonyl (C=O) groups is 1. The van der Waals surface area contributed by atoms with E-state index in [1.165, 1.54) is 6.07 Å². The minimum atomic E-state index is -1.04.